The number of ether oxygens (including phenoxy) is 1. The Hall–Kier alpha value is -4.02. The number of aromatic nitrogens is 1. The highest BCUT2D eigenvalue weighted by Gasteiger charge is 2.19. The van der Waals surface area contributed by atoms with E-state index >= 15 is 0 Å². The van der Waals surface area contributed by atoms with E-state index in [0.717, 1.165) is 25.2 Å². The fraction of sp³-hybridized carbons (Fsp3) is 0.192. The topological polar surface area (TPSA) is 69.5 Å². The van der Waals surface area contributed by atoms with E-state index in [-0.39, 0.29) is 11.7 Å². The van der Waals surface area contributed by atoms with Crippen molar-refractivity contribution >= 4 is 12.0 Å². The number of nitriles is 1. The van der Waals surface area contributed by atoms with Crippen molar-refractivity contribution in [1.82, 2.24) is 14.8 Å². The average molecular weight is 442 g/mol. The van der Waals surface area contributed by atoms with E-state index in [1.165, 1.54) is 24.4 Å². The molecule has 0 N–H and O–H groups in total. The molecule has 6 nitrogen and oxygen atoms in total. The maximum Gasteiger partial charge on any atom is 0.246 e. The molecule has 0 radical (unpaired) electrons. The second kappa shape index (κ2) is 10.5. The Kier molecular flexibility index (Phi) is 7.08. The molecule has 4 rings (SSSR count). The molecule has 2 aromatic carbocycles. The van der Waals surface area contributed by atoms with Crippen LogP contribution in [0.15, 0.2) is 73.1 Å². The summed E-state index contributed by atoms with van der Waals surface area (Å²) in [5.41, 5.74) is 2.38. The van der Waals surface area contributed by atoms with Crippen LogP contribution in [0.1, 0.15) is 16.7 Å². The van der Waals surface area contributed by atoms with Crippen LogP contribution in [0.5, 0.6) is 11.5 Å². The van der Waals surface area contributed by atoms with E-state index in [1.54, 1.807) is 35.4 Å². The predicted molar refractivity (Wildman–Crippen MR) is 123 cm³/mol. The van der Waals surface area contributed by atoms with Gasteiger partial charge in [0.2, 0.25) is 5.91 Å². The van der Waals surface area contributed by atoms with Gasteiger partial charge in [0.15, 0.2) is 11.6 Å². The zero-order valence-electron chi connectivity index (χ0n) is 18.0. The molecule has 2 heterocycles. The highest BCUT2D eigenvalue weighted by molar-refractivity contribution is 5.91. The Labute approximate surface area is 192 Å². The molecule has 0 saturated carbocycles. The molecule has 33 heavy (non-hydrogen) atoms. The maximum atomic E-state index is 14.4. The lowest BCUT2D eigenvalue weighted by molar-refractivity contribution is -0.127. The van der Waals surface area contributed by atoms with Gasteiger partial charge in [-0.1, -0.05) is 18.2 Å². The minimum atomic E-state index is -0.509. The molecule has 1 saturated heterocycles. The third-order valence-electron chi connectivity index (χ3n) is 5.41. The first-order valence-corrected chi connectivity index (χ1v) is 10.7. The number of carbonyl (C=O) groups is 1. The second-order valence-corrected chi connectivity index (χ2v) is 7.72. The largest absolute Gasteiger partial charge is 0.453 e. The third-order valence-corrected chi connectivity index (χ3v) is 5.41. The van der Waals surface area contributed by atoms with E-state index in [2.05, 4.69) is 16.0 Å². The van der Waals surface area contributed by atoms with Gasteiger partial charge in [0.1, 0.15) is 5.75 Å². The molecule has 1 amide bonds. The van der Waals surface area contributed by atoms with E-state index < -0.39 is 5.82 Å². The van der Waals surface area contributed by atoms with Gasteiger partial charge in [0.25, 0.3) is 0 Å². The van der Waals surface area contributed by atoms with Crippen LogP contribution in [0, 0.1) is 17.1 Å². The van der Waals surface area contributed by atoms with Crippen molar-refractivity contribution in [2.45, 2.75) is 6.54 Å². The van der Waals surface area contributed by atoms with Crippen LogP contribution in [0.2, 0.25) is 0 Å². The lowest BCUT2D eigenvalue weighted by Gasteiger charge is -2.34. The third kappa shape index (κ3) is 6.03. The van der Waals surface area contributed by atoms with Crippen LogP contribution in [-0.4, -0.2) is 46.9 Å². The zero-order valence-corrected chi connectivity index (χ0v) is 18.0. The molecule has 0 unspecified atom stereocenters. The average Bonchev–Trinajstić information content (AvgIpc) is 2.85. The lowest BCUT2D eigenvalue weighted by atomic mass is 10.1. The summed E-state index contributed by atoms with van der Waals surface area (Å²) in [6.45, 7) is 3.59. The molecule has 1 aromatic heterocycles. The predicted octanol–water partition coefficient (Wildman–Crippen LogP) is 4.24. The van der Waals surface area contributed by atoms with Crippen molar-refractivity contribution in [2.75, 3.05) is 26.2 Å². The van der Waals surface area contributed by atoms with Gasteiger partial charge in [-0.05, 0) is 53.6 Å². The Morgan fingerprint density at radius 1 is 1.12 bits per heavy atom. The molecule has 3 aromatic rings. The van der Waals surface area contributed by atoms with Gasteiger partial charge in [0, 0.05) is 45.0 Å². The molecule has 1 fully saturated rings. The Morgan fingerprint density at radius 2 is 1.91 bits per heavy atom. The number of pyridine rings is 1. The second-order valence-electron chi connectivity index (χ2n) is 7.72. The van der Waals surface area contributed by atoms with E-state index in [1.807, 2.05) is 24.3 Å². The molecule has 0 bridgehead atoms. The van der Waals surface area contributed by atoms with Crippen molar-refractivity contribution in [3.8, 4) is 17.6 Å². The number of hydrogen-bond acceptors (Lipinski definition) is 5. The molecule has 1 aliphatic heterocycles. The highest BCUT2D eigenvalue weighted by Crippen LogP contribution is 2.25. The summed E-state index contributed by atoms with van der Waals surface area (Å²) in [4.78, 5) is 20.6. The van der Waals surface area contributed by atoms with Gasteiger partial charge < -0.3 is 9.64 Å². The van der Waals surface area contributed by atoms with Gasteiger partial charge in [-0.2, -0.15) is 5.26 Å². The standard InChI is InChI=1S/C26H23FN4O2/c27-24-16-20(7-9-25(24)33-23-2-1-11-29-18-23)8-10-26(32)31-14-12-30(13-15-31)19-22-5-3-21(17-28)4-6-22/h1-11,16,18H,12-15,19H2/b10-8+. The first kappa shape index (κ1) is 22.2. The number of amides is 1. The number of rotatable bonds is 6. The molecule has 7 heteroatoms. The Balaban J connectivity index is 1.28. The Morgan fingerprint density at radius 3 is 2.58 bits per heavy atom. The maximum absolute atomic E-state index is 14.4. The van der Waals surface area contributed by atoms with Gasteiger partial charge in [-0.3, -0.25) is 14.7 Å². The van der Waals surface area contributed by atoms with Crippen LogP contribution < -0.4 is 4.74 Å². The fourth-order valence-electron chi connectivity index (χ4n) is 3.58. The first-order valence-electron chi connectivity index (χ1n) is 10.7. The first-order chi connectivity index (χ1) is 16.1. The van der Waals surface area contributed by atoms with E-state index in [0.29, 0.717) is 30.0 Å². The molecule has 0 spiro atoms. The monoisotopic (exact) mass is 442 g/mol. The van der Waals surface area contributed by atoms with Crippen molar-refractivity contribution in [1.29, 1.82) is 5.26 Å². The zero-order chi connectivity index (χ0) is 23.0. The van der Waals surface area contributed by atoms with Crippen LogP contribution in [0.4, 0.5) is 4.39 Å². The number of halogens is 1. The summed E-state index contributed by atoms with van der Waals surface area (Å²) < 4.78 is 19.9. The van der Waals surface area contributed by atoms with Crippen molar-refractivity contribution in [3.05, 3.63) is 95.6 Å². The van der Waals surface area contributed by atoms with Gasteiger partial charge >= 0.3 is 0 Å². The number of carbonyl (C=O) groups excluding carboxylic acids is 1. The molecule has 0 aliphatic carbocycles. The Bertz CT molecular complexity index is 1170. The van der Waals surface area contributed by atoms with Gasteiger partial charge in [0.05, 0.1) is 17.8 Å². The van der Waals surface area contributed by atoms with Crippen molar-refractivity contribution < 1.29 is 13.9 Å². The summed E-state index contributed by atoms with van der Waals surface area (Å²) in [6.07, 6.45) is 6.22. The van der Waals surface area contributed by atoms with E-state index in [4.69, 9.17) is 10.00 Å². The fourth-order valence-corrected chi connectivity index (χ4v) is 3.58. The summed E-state index contributed by atoms with van der Waals surface area (Å²) in [6, 6.07) is 17.7. The molecule has 1 aliphatic rings. The lowest BCUT2D eigenvalue weighted by Crippen LogP contribution is -2.47. The van der Waals surface area contributed by atoms with Crippen LogP contribution >= 0.6 is 0 Å². The van der Waals surface area contributed by atoms with E-state index in [9.17, 15) is 9.18 Å². The summed E-state index contributed by atoms with van der Waals surface area (Å²) >= 11 is 0. The molecular weight excluding hydrogens is 419 g/mol. The van der Waals surface area contributed by atoms with Crippen LogP contribution in [0.3, 0.4) is 0 Å². The molecule has 0 atom stereocenters. The number of nitrogens with zero attached hydrogens (tertiary/aromatic N) is 4. The number of hydrogen-bond donors (Lipinski definition) is 0. The van der Waals surface area contributed by atoms with Crippen molar-refractivity contribution in [2.24, 2.45) is 0 Å². The van der Waals surface area contributed by atoms with Gasteiger partial charge in [-0.25, -0.2) is 4.39 Å². The minimum absolute atomic E-state index is 0.0934. The van der Waals surface area contributed by atoms with Gasteiger partial charge in [-0.15, -0.1) is 0 Å². The normalized spacial score (nSPS) is 14.2. The number of benzene rings is 2. The SMILES string of the molecule is N#Cc1ccc(CN2CCN(C(=O)/C=C/c3ccc(Oc4cccnc4)c(F)c3)CC2)cc1. The molecular formula is C26H23FN4O2. The quantitative estimate of drug-likeness (QED) is 0.534. The highest BCUT2D eigenvalue weighted by atomic mass is 19.1. The smallest absolute Gasteiger partial charge is 0.246 e. The summed E-state index contributed by atoms with van der Waals surface area (Å²) in [7, 11) is 0. The van der Waals surface area contributed by atoms with Crippen LogP contribution in [0.25, 0.3) is 6.08 Å². The molecule has 166 valence electrons. The minimum Gasteiger partial charge on any atom is -0.453 e. The van der Waals surface area contributed by atoms with Crippen molar-refractivity contribution in [3.63, 3.8) is 0 Å². The summed E-state index contributed by atoms with van der Waals surface area (Å²) in [5.74, 6) is -0.0490. The number of piperazine rings is 1. The summed E-state index contributed by atoms with van der Waals surface area (Å²) in [5, 5.41) is 8.90. The van der Waals surface area contributed by atoms with Crippen LogP contribution in [-0.2, 0) is 11.3 Å².